The van der Waals surface area contributed by atoms with Gasteiger partial charge in [0.15, 0.2) is 11.5 Å². The summed E-state index contributed by atoms with van der Waals surface area (Å²) in [5.74, 6) is 0.535. The highest BCUT2D eigenvalue weighted by Gasteiger charge is 2.27. The number of carbonyl (C=O) groups is 2. The molecule has 156 valence electrons. The van der Waals surface area contributed by atoms with Crippen LogP contribution in [0.3, 0.4) is 0 Å². The van der Waals surface area contributed by atoms with Crippen molar-refractivity contribution in [2.75, 3.05) is 26.1 Å². The van der Waals surface area contributed by atoms with E-state index in [1.807, 2.05) is 13.8 Å². The molecule has 2 amide bonds. The Morgan fingerprint density at radius 1 is 1.21 bits per heavy atom. The summed E-state index contributed by atoms with van der Waals surface area (Å²) in [7, 11) is 3.01. The predicted molar refractivity (Wildman–Crippen MR) is 113 cm³/mol. The number of aryl methyl sites for hydroxylation is 2. The number of rotatable bonds is 8. The van der Waals surface area contributed by atoms with Crippen LogP contribution in [-0.2, 0) is 11.2 Å². The standard InChI is InChI=1S/C21H27N3O4S/c1-12-13(2)29-18(23-12)8-9-22-20(25)15-10-16(19(28-4)17(11-15)27-3)24-21(26)14-6-5-7-14/h10-11,14H,5-9H2,1-4H3,(H,22,25)(H,24,26). The lowest BCUT2D eigenvalue weighted by Gasteiger charge is -2.25. The van der Waals surface area contributed by atoms with E-state index in [2.05, 4.69) is 15.6 Å². The zero-order valence-corrected chi connectivity index (χ0v) is 18.1. The Bertz CT molecular complexity index is 886. The first-order chi connectivity index (χ1) is 13.9. The van der Waals surface area contributed by atoms with Gasteiger partial charge in [-0.15, -0.1) is 11.3 Å². The van der Waals surface area contributed by atoms with Gasteiger partial charge in [-0.2, -0.15) is 0 Å². The van der Waals surface area contributed by atoms with E-state index in [9.17, 15) is 9.59 Å². The van der Waals surface area contributed by atoms with Crippen LogP contribution in [0.1, 0.15) is 45.2 Å². The van der Waals surface area contributed by atoms with E-state index in [1.165, 1.54) is 19.1 Å². The minimum atomic E-state index is -0.241. The molecule has 29 heavy (non-hydrogen) atoms. The van der Waals surface area contributed by atoms with Gasteiger partial charge in [-0.05, 0) is 38.8 Å². The summed E-state index contributed by atoms with van der Waals surface area (Å²) in [5.41, 5.74) is 1.88. The van der Waals surface area contributed by atoms with Crippen LogP contribution < -0.4 is 20.1 Å². The highest BCUT2D eigenvalue weighted by Crippen LogP contribution is 2.38. The first-order valence-corrected chi connectivity index (χ1v) is 10.5. The molecule has 1 heterocycles. The zero-order chi connectivity index (χ0) is 21.0. The second-order valence-electron chi connectivity index (χ2n) is 7.13. The van der Waals surface area contributed by atoms with Crippen LogP contribution in [-0.4, -0.2) is 37.6 Å². The fraction of sp³-hybridized carbons (Fsp3) is 0.476. The number of hydrogen-bond acceptors (Lipinski definition) is 6. The maximum atomic E-state index is 12.7. The van der Waals surface area contributed by atoms with Crippen molar-refractivity contribution >= 4 is 28.8 Å². The van der Waals surface area contributed by atoms with Gasteiger partial charge in [0.2, 0.25) is 5.91 Å². The van der Waals surface area contributed by atoms with Crippen molar-refractivity contribution in [1.29, 1.82) is 0 Å². The van der Waals surface area contributed by atoms with Gasteiger partial charge in [-0.25, -0.2) is 4.98 Å². The number of benzene rings is 1. The molecule has 0 bridgehead atoms. The number of nitrogens with zero attached hydrogens (tertiary/aromatic N) is 1. The van der Waals surface area contributed by atoms with E-state index in [4.69, 9.17) is 9.47 Å². The van der Waals surface area contributed by atoms with Crippen LogP contribution >= 0.6 is 11.3 Å². The lowest BCUT2D eigenvalue weighted by molar-refractivity contribution is -0.122. The summed E-state index contributed by atoms with van der Waals surface area (Å²) in [5, 5.41) is 6.80. The molecule has 0 radical (unpaired) electrons. The van der Waals surface area contributed by atoms with Crippen LogP contribution in [0, 0.1) is 19.8 Å². The number of aromatic nitrogens is 1. The van der Waals surface area contributed by atoms with Crippen LogP contribution in [0.4, 0.5) is 5.69 Å². The molecule has 0 aliphatic heterocycles. The lowest BCUT2D eigenvalue weighted by Crippen LogP contribution is -2.29. The molecule has 1 aliphatic carbocycles. The monoisotopic (exact) mass is 417 g/mol. The van der Waals surface area contributed by atoms with Crippen molar-refractivity contribution < 1.29 is 19.1 Å². The van der Waals surface area contributed by atoms with Gasteiger partial charge in [-0.1, -0.05) is 6.42 Å². The molecule has 8 heteroatoms. The fourth-order valence-corrected chi connectivity index (χ4v) is 4.06. The molecule has 1 fully saturated rings. The van der Waals surface area contributed by atoms with Crippen LogP contribution in [0.5, 0.6) is 11.5 Å². The first kappa shape index (κ1) is 21.1. The molecule has 7 nitrogen and oxygen atoms in total. The van der Waals surface area contributed by atoms with Crippen molar-refractivity contribution in [1.82, 2.24) is 10.3 Å². The number of amides is 2. The summed E-state index contributed by atoms with van der Waals surface area (Å²) in [6.07, 6.45) is 3.52. The van der Waals surface area contributed by atoms with Gasteiger partial charge in [0.1, 0.15) is 0 Å². The Kier molecular flexibility index (Phi) is 6.74. The third kappa shape index (κ3) is 4.87. The number of thiazole rings is 1. The second kappa shape index (κ2) is 9.26. The van der Waals surface area contributed by atoms with E-state index in [0.717, 1.165) is 30.0 Å². The summed E-state index contributed by atoms with van der Waals surface area (Å²) in [6.45, 7) is 4.50. The summed E-state index contributed by atoms with van der Waals surface area (Å²) >= 11 is 1.65. The molecule has 1 aromatic heterocycles. The first-order valence-electron chi connectivity index (χ1n) is 9.71. The largest absolute Gasteiger partial charge is 0.493 e. The van der Waals surface area contributed by atoms with Gasteiger partial charge in [0.25, 0.3) is 5.91 Å². The zero-order valence-electron chi connectivity index (χ0n) is 17.3. The van der Waals surface area contributed by atoms with Gasteiger partial charge >= 0.3 is 0 Å². The molecule has 1 aromatic carbocycles. The number of methoxy groups -OCH3 is 2. The Morgan fingerprint density at radius 3 is 2.52 bits per heavy atom. The smallest absolute Gasteiger partial charge is 0.251 e. The second-order valence-corrected chi connectivity index (χ2v) is 8.42. The van der Waals surface area contributed by atoms with Crippen molar-refractivity contribution in [3.63, 3.8) is 0 Å². The topological polar surface area (TPSA) is 89.5 Å². The van der Waals surface area contributed by atoms with E-state index in [0.29, 0.717) is 35.7 Å². The number of hydrogen-bond donors (Lipinski definition) is 2. The van der Waals surface area contributed by atoms with Crippen molar-refractivity contribution in [3.8, 4) is 11.5 Å². The molecule has 0 spiro atoms. The highest BCUT2D eigenvalue weighted by atomic mass is 32.1. The Hall–Kier alpha value is -2.61. The van der Waals surface area contributed by atoms with Gasteiger partial charge < -0.3 is 20.1 Å². The van der Waals surface area contributed by atoms with Crippen molar-refractivity contribution in [2.45, 2.75) is 39.5 Å². The van der Waals surface area contributed by atoms with Crippen LogP contribution in [0.15, 0.2) is 12.1 Å². The quantitative estimate of drug-likeness (QED) is 0.686. The Morgan fingerprint density at radius 2 is 1.97 bits per heavy atom. The highest BCUT2D eigenvalue weighted by molar-refractivity contribution is 7.11. The molecule has 2 N–H and O–H groups in total. The molecular weight excluding hydrogens is 390 g/mol. The summed E-state index contributed by atoms with van der Waals surface area (Å²) < 4.78 is 10.8. The number of carbonyl (C=O) groups excluding carboxylic acids is 2. The molecule has 0 saturated heterocycles. The van der Waals surface area contributed by atoms with Crippen molar-refractivity contribution in [2.24, 2.45) is 5.92 Å². The van der Waals surface area contributed by atoms with Gasteiger partial charge in [-0.3, -0.25) is 9.59 Å². The maximum absolute atomic E-state index is 12.7. The summed E-state index contributed by atoms with van der Waals surface area (Å²) in [4.78, 5) is 30.7. The van der Waals surface area contributed by atoms with Crippen LogP contribution in [0.2, 0.25) is 0 Å². The van der Waals surface area contributed by atoms with E-state index >= 15 is 0 Å². The van der Waals surface area contributed by atoms with Gasteiger partial charge in [0, 0.05) is 29.3 Å². The Balaban J connectivity index is 1.71. The van der Waals surface area contributed by atoms with Gasteiger partial charge in [0.05, 0.1) is 30.6 Å². The molecule has 0 unspecified atom stereocenters. The third-order valence-corrected chi connectivity index (χ3v) is 6.30. The van der Waals surface area contributed by atoms with E-state index in [1.54, 1.807) is 23.5 Å². The minimum Gasteiger partial charge on any atom is -0.493 e. The van der Waals surface area contributed by atoms with Crippen molar-refractivity contribution in [3.05, 3.63) is 33.3 Å². The third-order valence-electron chi connectivity index (χ3n) is 5.17. The van der Waals surface area contributed by atoms with Crippen LogP contribution in [0.25, 0.3) is 0 Å². The molecule has 0 atom stereocenters. The van der Waals surface area contributed by atoms with E-state index in [-0.39, 0.29) is 17.7 Å². The minimum absolute atomic E-state index is 0.0217. The average Bonchev–Trinajstić information content (AvgIpc) is 2.96. The predicted octanol–water partition coefficient (Wildman–Crippen LogP) is 3.49. The number of anilines is 1. The Labute approximate surface area is 174 Å². The maximum Gasteiger partial charge on any atom is 0.251 e. The lowest BCUT2D eigenvalue weighted by atomic mass is 9.85. The SMILES string of the molecule is COc1cc(C(=O)NCCc2nc(C)c(C)s2)cc(NC(=O)C2CCC2)c1OC. The molecule has 3 rings (SSSR count). The summed E-state index contributed by atoms with van der Waals surface area (Å²) in [6, 6.07) is 3.25. The van der Waals surface area contributed by atoms with E-state index < -0.39 is 0 Å². The number of nitrogens with one attached hydrogen (secondary N) is 2. The normalized spacial score (nSPS) is 13.5. The molecule has 1 saturated carbocycles. The molecule has 2 aromatic rings. The molecule has 1 aliphatic rings. The number of ether oxygens (including phenoxy) is 2. The fourth-order valence-electron chi connectivity index (χ4n) is 3.12. The molecular formula is C21H27N3O4S. The average molecular weight is 418 g/mol.